The minimum absolute atomic E-state index is 0.0361. The molecule has 2 heterocycles. The van der Waals surface area contributed by atoms with Crippen molar-refractivity contribution in [3.63, 3.8) is 0 Å². The first-order valence-corrected chi connectivity index (χ1v) is 24.3. The number of anilines is 3. The summed E-state index contributed by atoms with van der Waals surface area (Å²) in [7, 11) is 0. The normalized spacial score (nSPS) is 21.0. The molecule has 0 aliphatic heterocycles. The summed E-state index contributed by atoms with van der Waals surface area (Å²) < 4.78 is 13.8. The lowest BCUT2D eigenvalue weighted by Gasteiger charge is -2.48. The highest BCUT2D eigenvalue weighted by Gasteiger charge is 2.46. The van der Waals surface area contributed by atoms with E-state index < -0.39 is 5.41 Å². The van der Waals surface area contributed by atoms with Crippen molar-refractivity contribution in [1.82, 2.24) is 0 Å². The first kappa shape index (κ1) is 40.7. The largest absolute Gasteiger partial charge is 0.454 e. The third-order valence-electron chi connectivity index (χ3n) is 15.6. The average molecular weight is 863 g/mol. The van der Waals surface area contributed by atoms with Crippen LogP contribution in [0, 0.1) is 17.8 Å². The Balaban J connectivity index is 1.09. The first-order valence-electron chi connectivity index (χ1n) is 24.3. The first-order chi connectivity index (χ1) is 32.2. The van der Waals surface area contributed by atoms with Crippen LogP contribution >= 0.6 is 0 Å². The van der Waals surface area contributed by atoms with Gasteiger partial charge < -0.3 is 18.6 Å². The van der Waals surface area contributed by atoms with Crippen molar-refractivity contribution < 1.29 is 8.83 Å². The summed E-state index contributed by atoms with van der Waals surface area (Å²) in [5.41, 5.74) is 17.1. The van der Waals surface area contributed by atoms with Crippen LogP contribution in [0.3, 0.4) is 0 Å². The van der Waals surface area contributed by atoms with E-state index >= 15 is 0 Å². The zero-order chi connectivity index (χ0) is 44.8. The molecule has 0 spiro atoms. The highest BCUT2D eigenvalue weighted by atomic mass is 16.3. The molecule has 0 radical (unpaired) electrons. The van der Waals surface area contributed by atoms with Crippen LogP contribution < -0.4 is 9.80 Å². The Hall–Kier alpha value is -6.78. The highest BCUT2D eigenvalue weighted by molar-refractivity contribution is 6.11. The predicted molar refractivity (Wildman–Crippen MR) is 276 cm³/mol. The summed E-state index contributed by atoms with van der Waals surface area (Å²) >= 11 is 0. The molecule has 0 fully saturated rings. The van der Waals surface area contributed by atoms with Crippen molar-refractivity contribution in [2.45, 2.75) is 84.5 Å². The van der Waals surface area contributed by atoms with Crippen LogP contribution in [0.2, 0.25) is 0 Å². The van der Waals surface area contributed by atoms with Crippen LogP contribution in [-0.4, -0.2) is 0 Å². The smallest absolute Gasteiger partial charge is 0.159 e. The Bertz CT molecular complexity index is 3330. The monoisotopic (exact) mass is 862 g/mol. The van der Waals surface area contributed by atoms with Crippen molar-refractivity contribution in [2.75, 3.05) is 9.80 Å². The van der Waals surface area contributed by atoms with Crippen LogP contribution in [-0.2, 0) is 11.8 Å². The van der Waals surface area contributed by atoms with Crippen LogP contribution in [0.5, 0.6) is 0 Å². The molecule has 4 aliphatic rings. The van der Waals surface area contributed by atoms with Gasteiger partial charge in [-0.15, -0.1) is 0 Å². The molecule has 4 heteroatoms. The number of aryl methyl sites for hydroxylation is 1. The zero-order valence-corrected chi connectivity index (χ0v) is 39.0. The Morgan fingerprint density at radius 3 is 2.15 bits per heavy atom. The van der Waals surface area contributed by atoms with E-state index in [1.807, 2.05) is 0 Å². The summed E-state index contributed by atoms with van der Waals surface area (Å²) in [5.74, 6) is 3.27. The van der Waals surface area contributed by atoms with Gasteiger partial charge in [0.05, 0.1) is 22.8 Å². The van der Waals surface area contributed by atoms with Crippen molar-refractivity contribution in [1.29, 1.82) is 0 Å². The van der Waals surface area contributed by atoms with Gasteiger partial charge in [-0.3, -0.25) is 0 Å². The maximum absolute atomic E-state index is 6.93. The molecule has 0 saturated heterocycles. The number of fused-ring (bicyclic) bond motifs is 11. The molecule has 0 saturated carbocycles. The Kier molecular flexibility index (Phi) is 9.68. The summed E-state index contributed by atoms with van der Waals surface area (Å²) in [5, 5.41) is 3.47. The molecule has 4 unspecified atom stereocenters. The third-order valence-corrected chi connectivity index (χ3v) is 15.6. The van der Waals surface area contributed by atoms with Gasteiger partial charge in [0.25, 0.3) is 0 Å². The van der Waals surface area contributed by atoms with Crippen LogP contribution in [0.15, 0.2) is 172 Å². The molecule has 0 bridgehead atoms. The van der Waals surface area contributed by atoms with Gasteiger partial charge in [0.2, 0.25) is 0 Å². The third kappa shape index (κ3) is 6.32. The molecule has 4 nitrogen and oxygen atoms in total. The lowest BCUT2D eigenvalue weighted by Crippen LogP contribution is -2.39. The number of para-hydroxylation sites is 3. The van der Waals surface area contributed by atoms with Gasteiger partial charge in [-0.05, 0) is 109 Å². The highest BCUT2D eigenvalue weighted by Crippen LogP contribution is 2.58. The van der Waals surface area contributed by atoms with Crippen LogP contribution in [0.25, 0.3) is 50.4 Å². The van der Waals surface area contributed by atoms with Crippen molar-refractivity contribution in [3.05, 3.63) is 203 Å². The number of furan rings is 2. The van der Waals surface area contributed by atoms with Crippen molar-refractivity contribution >= 4 is 67.4 Å². The van der Waals surface area contributed by atoms with E-state index in [2.05, 4.69) is 215 Å². The lowest BCUT2D eigenvalue weighted by atomic mass is 9.60. The van der Waals surface area contributed by atoms with E-state index in [-0.39, 0.29) is 5.92 Å². The molecule has 328 valence electrons. The van der Waals surface area contributed by atoms with Crippen molar-refractivity contribution in [2.24, 2.45) is 17.8 Å². The standard InChI is InChI=1S/C62H58N2O2/c1-38(2)41-29-31-42(32-30-41)63(54-25-15-22-49-47-19-10-13-27-58(47)65-60(49)54)57-37-62(6)52-24-12-9-21-51(52)56(36-53(62)45-17-7-8-18-46(45)57)64(43-33-34-44(39(3)4)40(5)35-43)55-26-16-23-50-48-20-11-14-28-59(48)66-61(50)55/h7-10,12-19,21-33,36-40,44,53H,11,20,34-35H2,1-6H3. The molecule has 6 aromatic carbocycles. The SMILES string of the molecule is CC(C)c1ccc(N(C2=CC3(C)c4ccccc4C(N(C4=CCC(C(C)C)C(C)C4)c4cccc5c6c(oc45)C=CCC6)=CC3c3ccccc32)c2cccc3c2oc2ccccc23)cc1. The molecule has 0 N–H and O–H groups in total. The lowest BCUT2D eigenvalue weighted by molar-refractivity contribution is 0.258. The molecule has 12 rings (SSSR count). The van der Waals surface area contributed by atoms with E-state index in [0.717, 1.165) is 81.7 Å². The quantitative estimate of drug-likeness (QED) is 0.152. The van der Waals surface area contributed by atoms with Crippen molar-refractivity contribution in [3.8, 4) is 0 Å². The fourth-order valence-electron chi connectivity index (χ4n) is 12.2. The van der Waals surface area contributed by atoms with E-state index in [4.69, 9.17) is 8.83 Å². The zero-order valence-electron chi connectivity index (χ0n) is 39.0. The minimum Gasteiger partial charge on any atom is -0.454 e. The van der Waals surface area contributed by atoms with E-state index in [1.54, 1.807) is 0 Å². The molecule has 8 aromatic rings. The molecule has 4 atom stereocenters. The molecule has 66 heavy (non-hydrogen) atoms. The van der Waals surface area contributed by atoms with Gasteiger partial charge in [0.1, 0.15) is 11.3 Å². The summed E-state index contributed by atoms with van der Waals surface area (Å²) in [6, 6.07) is 49.4. The van der Waals surface area contributed by atoms with Gasteiger partial charge in [-0.25, -0.2) is 0 Å². The van der Waals surface area contributed by atoms with Gasteiger partial charge in [0.15, 0.2) is 11.2 Å². The maximum Gasteiger partial charge on any atom is 0.159 e. The second-order valence-electron chi connectivity index (χ2n) is 20.2. The van der Waals surface area contributed by atoms with Gasteiger partial charge in [-0.2, -0.15) is 0 Å². The summed E-state index contributed by atoms with van der Waals surface area (Å²) in [4.78, 5) is 5.08. The number of rotatable bonds is 8. The van der Waals surface area contributed by atoms with Crippen LogP contribution in [0.4, 0.5) is 17.1 Å². The topological polar surface area (TPSA) is 32.8 Å². The molecule has 0 amide bonds. The number of hydrogen-bond donors (Lipinski definition) is 0. The van der Waals surface area contributed by atoms with E-state index in [9.17, 15) is 0 Å². The average Bonchev–Trinajstić information content (AvgIpc) is 3.92. The molecule has 2 aromatic heterocycles. The number of nitrogens with zero attached hydrogens (tertiary/aromatic N) is 2. The molecule has 4 aliphatic carbocycles. The number of benzene rings is 6. The van der Waals surface area contributed by atoms with E-state index in [0.29, 0.717) is 23.7 Å². The summed E-state index contributed by atoms with van der Waals surface area (Å²) in [6.45, 7) is 14.2. The van der Waals surface area contributed by atoms with E-state index in [1.165, 1.54) is 50.2 Å². The van der Waals surface area contributed by atoms with Crippen LogP contribution in [0.1, 0.15) is 112 Å². The second-order valence-corrected chi connectivity index (χ2v) is 20.2. The number of allylic oxidation sites excluding steroid dienone is 5. The van der Waals surface area contributed by atoms with Gasteiger partial charge in [-0.1, -0.05) is 163 Å². The molecular formula is C62H58N2O2. The number of hydrogen-bond acceptors (Lipinski definition) is 4. The predicted octanol–water partition coefficient (Wildman–Crippen LogP) is 17.1. The minimum atomic E-state index is -0.412. The Labute approximate surface area is 389 Å². The fourth-order valence-corrected chi connectivity index (χ4v) is 12.2. The van der Waals surface area contributed by atoms with Gasteiger partial charge in [0, 0.05) is 55.6 Å². The summed E-state index contributed by atoms with van der Waals surface area (Å²) in [6.07, 6.45) is 16.3. The molecular weight excluding hydrogens is 805 g/mol. The Morgan fingerprint density at radius 1 is 0.667 bits per heavy atom. The fraction of sp³-hybridized carbons (Fsp3) is 0.258. The second kappa shape index (κ2) is 15.7. The Morgan fingerprint density at radius 2 is 1.36 bits per heavy atom. The van der Waals surface area contributed by atoms with Gasteiger partial charge >= 0.3 is 0 Å². The maximum atomic E-state index is 6.93.